The largest absolute Gasteiger partial charge is 0.382 e. The van der Waals surface area contributed by atoms with Crippen molar-refractivity contribution in [3.63, 3.8) is 0 Å². The molecule has 2 rings (SSSR count). The van der Waals surface area contributed by atoms with E-state index in [0.717, 1.165) is 11.7 Å². The topological polar surface area (TPSA) is 89.1 Å². The zero-order chi connectivity index (χ0) is 15.4. The zero-order valence-corrected chi connectivity index (χ0v) is 13.2. The third-order valence-corrected chi connectivity index (χ3v) is 4.23. The molecule has 3 N–H and O–H groups in total. The van der Waals surface area contributed by atoms with Crippen LogP contribution in [0.5, 0.6) is 0 Å². The number of nitrogens with one attached hydrogen (secondary N) is 1. The molecule has 0 aromatic carbocycles. The van der Waals surface area contributed by atoms with E-state index in [9.17, 15) is 4.79 Å². The molecule has 1 amide bonds. The van der Waals surface area contributed by atoms with Gasteiger partial charge in [0.25, 0.3) is 5.91 Å². The van der Waals surface area contributed by atoms with Crippen LogP contribution in [0.4, 0.5) is 10.9 Å². The van der Waals surface area contributed by atoms with Gasteiger partial charge in [-0.25, -0.2) is 4.98 Å². The average Bonchev–Trinajstić information content (AvgIpc) is 3.07. The van der Waals surface area contributed by atoms with Crippen LogP contribution < -0.4 is 16.0 Å². The lowest BCUT2D eigenvalue weighted by Crippen LogP contribution is -2.35. The van der Waals surface area contributed by atoms with Gasteiger partial charge in [0.05, 0.1) is 6.54 Å². The number of carbonyl (C=O) groups is 1. The van der Waals surface area contributed by atoms with Crippen LogP contribution in [-0.2, 0) is 6.54 Å². The summed E-state index contributed by atoms with van der Waals surface area (Å²) in [5.74, 6) is 0.0829. The standard InChI is InChI=1S/C13H20N6OS/c1-4-18(3)13-17-11(14)10(21-13)12(20)16-9(2)8-19-7-5-6-15-19/h5-7,9H,4,8,14H2,1-3H3,(H,16,20). The van der Waals surface area contributed by atoms with Gasteiger partial charge in [0, 0.05) is 32.0 Å². The molecule has 0 saturated heterocycles. The predicted octanol–water partition coefficient (Wildman–Crippen LogP) is 1.20. The maximum Gasteiger partial charge on any atom is 0.265 e. The molecule has 7 nitrogen and oxygen atoms in total. The number of nitrogen functional groups attached to an aromatic ring is 1. The van der Waals surface area contributed by atoms with Crippen molar-refractivity contribution in [2.75, 3.05) is 24.2 Å². The number of anilines is 2. The van der Waals surface area contributed by atoms with Gasteiger partial charge in [0.2, 0.25) is 0 Å². The lowest BCUT2D eigenvalue weighted by Gasteiger charge is -2.13. The van der Waals surface area contributed by atoms with Gasteiger partial charge in [-0.15, -0.1) is 0 Å². The second kappa shape index (κ2) is 6.57. The summed E-state index contributed by atoms with van der Waals surface area (Å²) in [4.78, 5) is 18.9. The van der Waals surface area contributed by atoms with Gasteiger partial charge in [-0.05, 0) is 19.9 Å². The second-order valence-corrected chi connectivity index (χ2v) is 5.81. The van der Waals surface area contributed by atoms with E-state index in [4.69, 9.17) is 5.73 Å². The number of aromatic nitrogens is 3. The van der Waals surface area contributed by atoms with Gasteiger partial charge in [-0.1, -0.05) is 11.3 Å². The molecule has 0 aliphatic rings. The van der Waals surface area contributed by atoms with Crippen molar-refractivity contribution in [3.8, 4) is 0 Å². The zero-order valence-electron chi connectivity index (χ0n) is 12.4. The molecular weight excluding hydrogens is 288 g/mol. The van der Waals surface area contributed by atoms with Gasteiger partial charge < -0.3 is 16.0 Å². The minimum Gasteiger partial charge on any atom is -0.382 e. The molecule has 0 aliphatic carbocycles. The van der Waals surface area contributed by atoms with Crippen molar-refractivity contribution >= 4 is 28.2 Å². The molecule has 114 valence electrons. The Kier molecular flexibility index (Phi) is 4.79. The Hall–Kier alpha value is -2.09. The van der Waals surface area contributed by atoms with Crippen molar-refractivity contribution in [3.05, 3.63) is 23.3 Å². The summed E-state index contributed by atoms with van der Waals surface area (Å²) < 4.78 is 1.78. The Morgan fingerprint density at radius 2 is 2.38 bits per heavy atom. The maximum absolute atomic E-state index is 12.3. The SMILES string of the molecule is CCN(C)c1nc(N)c(C(=O)NC(C)Cn2cccn2)s1. The summed E-state index contributed by atoms with van der Waals surface area (Å²) in [5, 5.41) is 7.78. The molecule has 2 aromatic heterocycles. The Morgan fingerprint density at radius 1 is 1.62 bits per heavy atom. The van der Waals surface area contributed by atoms with Crippen molar-refractivity contribution in [2.45, 2.75) is 26.4 Å². The minimum absolute atomic E-state index is 0.0498. The molecule has 2 heterocycles. The molecule has 0 spiro atoms. The molecule has 0 aliphatic heterocycles. The van der Waals surface area contributed by atoms with E-state index < -0.39 is 0 Å². The smallest absolute Gasteiger partial charge is 0.265 e. The van der Waals surface area contributed by atoms with Gasteiger partial charge in [-0.2, -0.15) is 5.10 Å². The van der Waals surface area contributed by atoms with Gasteiger partial charge in [0.1, 0.15) is 10.7 Å². The van der Waals surface area contributed by atoms with Crippen LogP contribution in [0.25, 0.3) is 0 Å². The minimum atomic E-state index is -0.194. The van der Waals surface area contributed by atoms with E-state index in [-0.39, 0.29) is 17.8 Å². The van der Waals surface area contributed by atoms with Crippen LogP contribution in [0.3, 0.4) is 0 Å². The average molecular weight is 308 g/mol. The van der Waals surface area contributed by atoms with Crippen LogP contribution in [-0.4, -0.2) is 40.3 Å². The summed E-state index contributed by atoms with van der Waals surface area (Å²) in [6.07, 6.45) is 3.57. The second-order valence-electron chi connectivity index (χ2n) is 4.83. The summed E-state index contributed by atoms with van der Waals surface area (Å²) in [7, 11) is 1.92. The lowest BCUT2D eigenvalue weighted by atomic mass is 10.3. The van der Waals surface area contributed by atoms with E-state index >= 15 is 0 Å². The first kappa shape index (κ1) is 15.3. The molecule has 0 radical (unpaired) electrons. The molecule has 2 aromatic rings. The van der Waals surface area contributed by atoms with Crippen LogP contribution in [0.15, 0.2) is 18.5 Å². The van der Waals surface area contributed by atoms with E-state index in [1.165, 1.54) is 11.3 Å². The fourth-order valence-corrected chi connectivity index (χ4v) is 2.72. The van der Waals surface area contributed by atoms with Crippen LogP contribution in [0, 0.1) is 0 Å². The first-order valence-electron chi connectivity index (χ1n) is 6.77. The van der Waals surface area contributed by atoms with Gasteiger partial charge in [-0.3, -0.25) is 9.48 Å². The summed E-state index contributed by atoms with van der Waals surface area (Å²) in [5.41, 5.74) is 5.84. The lowest BCUT2D eigenvalue weighted by molar-refractivity contribution is 0.0941. The van der Waals surface area contributed by atoms with E-state index in [1.807, 2.05) is 38.1 Å². The normalized spacial score (nSPS) is 12.1. The molecule has 8 heteroatoms. The number of nitrogens with two attached hydrogens (primary N) is 1. The van der Waals surface area contributed by atoms with Crippen molar-refractivity contribution in [1.82, 2.24) is 20.1 Å². The molecule has 21 heavy (non-hydrogen) atoms. The molecule has 0 fully saturated rings. The van der Waals surface area contributed by atoms with E-state index in [0.29, 0.717) is 11.4 Å². The van der Waals surface area contributed by atoms with E-state index in [1.54, 1.807) is 10.9 Å². The summed E-state index contributed by atoms with van der Waals surface area (Å²) >= 11 is 1.31. The van der Waals surface area contributed by atoms with E-state index in [2.05, 4.69) is 15.4 Å². The van der Waals surface area contributed by atoms with Crippen LogP contribution >= 0.6 is 11.3 Å². The highest BCUT2D eigenvalue weighted by Gasteiger charge is 2.19. The van der Waals surface area contributed by atoms with Crippen molar-refractivity contribution < 1.29 is 4.79 Å². The fourth-order valence-electron chi connectivity index (χ4n) is 1.81. The maximum atomic E-state index is 12.3. The first-order valence-corrected chi connectivity index (χ1v) is 7.58. The Balaban J connectivity index is 2.01. The number of hydrogen-bond acceptors (Lipinski definition) is 6. The summed E-state index contributed by atoms with van der Waals surface area (Å²) in [6, 6.07) is 1.80. The molecule has 0 bridgehead atoms. The monoisotopic (exact) mass is 308 g/mol. The Bertz CT molecular complexity index is 594. The Labute approximate surface area is 127 Å². The van der Waals surface area contributed by atoms with Crippen molar-refractivity contribution in [1.29, 1.82) is 0 Å². The highest BCUT2D eigenvalue weighted by atomic mass is 32.1. The summed E-state index contributed by atoms with van der Waals surface area (Å²) in [6.45, 7) is 5.36. The molecule has 0 saturated carbocycles. The molecule has 1 unspecified atom stereocenters. The number of thiazole rings is 1. The number of hydrogen-bond donors (Lipinski definition) is 2. The molecular formula is C13H20N6OS. The molecule has 1 atom stereocenters. The van der Waals surface area contributed by atoms with Crippen LogP contribution in [0.1, 0.15) is 23.5 Å². The van der Waals surface area contributed by atoms with Gasteiger partial charge >= 0.3 is 0 Å². The van der Waals surface area contributed by atoms with Crippen molar-refractivity contribution in [2.24, 2.45) is 0 Å². The highest BCUT2D eigenvalue weighted by Crippen LogP contribution is 2.27. The highest BCUT2D eigenvalue weighted by molar-refractivity contribution is 7.18. The third-order valence-electron chi connectivity index (χ3n) is 3.05. The van der Waals surface area contributed by atoms with Gasteiger partial charge in [0.15, 0.2) is 5.13 Å². The quantitative estimate of drug-likeness (QED) is 0.837. The predicted molar refractivity (Wildman–Crippen MR) is 84.6 cm³/mol. The van der Waals surface area contributed by atoms with Crippen LogP contribution in [0.2, 0.25) is 0 Å². The Morgan fingerprint density at radius 3 is 3.00 bits per heavy atom. The number of nitrogens with zero attached hydrogens (tertiary/aromatic N) is 4. The fraction of sp³-hybridized carbons (Fsp3) is 0.462. The third kappa shape index (κ3) is 3.72. The number of rotatable bonds is 6. The number of carbonyl (C=O) groups excluding carboxylic acids is 1. The first-order chi connectivity index (χ1) is 10.0. The number of amides is 1.